The topological polar surface area (TPSA) is 228 Å². The predicted octanol–water partition coefficient (Wildman–Crippen LogP) is -2.91. The van der Waals surface area contributed by atoms with Gasteiger partial charge in [0, 0.05) is 22.9 Å². The quantitative estimate of drug-likeness (QED) is 0.0943. The molecule has 2 atom stereocenters. The van der Waals surface area contributed by atoms with E-state index in [2.05, 4.69) is 24.8 Å². The second kappa shape index (κ2) is 10.9. The average molecular weight is 587 g/mol. The molecule has 0 radical (unpaired) electrons. The minimum Gasteiger partial charge on any atom is -0.543 e. The van der Waals surface area contributed by atoms with Crippen molar-refractivity contribution in [3.8, 4) is 0 Å². The Bertz CT molecular complexity index is 1600. The molecule has 5 heterocycles. The highest BCUT2D eigenvalue weighted by molar-refractivity contribution is 8.00. The fourth-order valence-electron chi connectivity index (χ4n) is 4.36. The van der Waals surface area contributed by atoms with Gasteiger partial charge in [0.2, 0.25) is 23.8 Å². The van der Waals surface area contributed by atoms with Crippen molar-refractivity contribution < 1.29 is 33.7 Å². The van der Waals surface area contributed by atoms with Gasteiger partial charge in [-0.15, -0.1) is 11.8 Å². The van der Waals surface area contributed by atoms with Crippen LogP contribution in [0, 0.1) is 0 Å². The van der Waals surface area contributed by atoms with Crippen LogP contribution in [0.3, 0.4) is 0 Å². The number of carbonyl (C=O) groups is 4. The molecule has 1 saturated heterocycles. The molecule has 0 bridgehead atoms. The van der Waals surface area contributed by atoms with Crippen molar-refractivity contribution in [3.05, 3.63) is 41.8 Å². The van der Waals surface area contributed by atoms with Gasteiger partial charge in [0.05, 0.1) is 17.9 Å². The summed E-state index contributed by atoms with van der Waals surface area (Å²) in [5, 5.41) is 18.0. The van der Waals surface area contributed by atoms with Crippen LogP contribution in [-0.4, -0.2) is 77.0 Å². The molecule has 208 valence electrons. The average Bonchev–Trinajstić information content (AvgIpc) is 3.53. The lowest BCUT2D eigenvalue weighted by atomic mass is 10.0. The number of fused-ring (bicyclic) bond motifs is 2. The van der Waals surface area contributed by atoms with Crippen molar-refractivity contribution in [1.29, 1.82) is 0 Å². The maximum absolute atomic E-state index is 13.1. The number of nitrogen functional groups attached to an aromatic ring is 1. The number of β-lactam (4-membered cyclic amide) rings is 1. The van der Waals surface area contributed by atoms with Gasteiger partial charge in [-0.05, 0) is 24.0 Å². The molecule has 16 nitrogen and oxygen atoms in total. The van der Waals surface area contributed by atoms with Crippen molar-refractivity contribution >= 4 is 69.0 Å². The highest BCUT2D eigenvalue weighted by Crippen LogP contribution is 2.40. The summed E-state index contributed by atoms with van der Waals surface area (Å²) in [4.78, 5) is 64.1. The van der Waals surface area contributed by atoms with Gasteiger partial charge < -0.3 is 31.5 Å². The molecule has 2 aliphatic rings. The van der Waals surface area contributed by atoms with Crippen molar-refractivity contribution in [2.24, 2.45) is 10.9 Å². The number of nitrogens with two attached hydrogens (primary N) is 2. The summed E-state index contributed by atoms with van der Waals surface area (Å²) in [6.07, 6.45) is 3.18. The fraction of sp³-hybridized carbons (Fsp3) is 0.318. The number of pyridine rings is 1. The number of oxime groups is 1. The van der Waals surface area contributed by atoms with Gasteiger partial charge in [0.15, 0.2) is 5.13 Å². The van der Waals surface area contributed by atoms with Crippen LogP contribution >= 0.6 is 23.3 Å². The van der Waals surface area contributed by atoms with Crippen LogP contribution in [0.4, 0.5) is 5.13 Å². The molecule has 1 fully saturated rings. The van der Waals surface area contributed by atoms with Crippen LogP contribution in [0.5, 0.6) is 0 Å². The van der Waals surface area contributed by atoms with Crippen molar-refractivity contribution in [1.82, 2.24) is 29.1 Å². The summed E-state index contributed by atoms with van der Waals surface area (Å²) >= 11 is 2.15. The molecule has 5 rings (SSSR count). The predicted molar refractivity (Wildman–Crippen MR) is 139 cm³/mol. The molecule has 0 aliphatic carbocycles. The summed E-state index contributed by atoms with van der Waals surface area (Å²) < 4.78 is 7.26. The third-order valence-electron chi connectivity index (χ3n) is 6.02. The largest absolute Gasteiger partial charge is 0.543 e. The maximum atomic E-state index is 13.1. The molecular weight excluding hydrogens is 564 g/mol. The molecule has 2 unspecified atom stereocenters. The molecule has 3 aromatic rings. The number of hydrogen-bond donors (Lipinski definition) is 3. The Hall–Kier alpha value is -4.58. The zero-order valence-electron chi connectivity index (χ0n) is 20.8. The van der Waals surface area contributed by atoms with Crippen LogP contribution in [0.15, 0.2) is 41.1 Å². The van der Waals surface area contributed by atoms with E-state index in [0.717, 1.165) is 16.4 Å². The Kier molecular flexibility index (Phi) is 7.35. The Morgan fingerprint density at radius 2 is 2.17 bits per heavy atom. The van der Waals surface area contributed by atoms with E-state index in [1.54, 1.807) is 34.4 Å². The summed E-state index contributed by atoms with van der Waals surface area (Å²) in [7, 11) is 0. The minimum absolute atomic E-state index is 0.0598. The van der Waals surface area contributed by atoms with Gasteiger partial charge in [-0.3, -0.25) is 23.9 Å². The first-order valence-electron chi connectivity index (χ1n) is 11.8. The van der Waals surface area contributed by atoms with Gasteiger partial charge >= 0.3 is 5.65 Å². The van der Waals surface area contributed by atoms with Crippen LogP contribution < -0.4 is 26.5 Å². The first kappa shape index (κ1) is 27.0. The number of thioether (sulfide) groups is 1. The number of nitrogens with zero attached hydrogens (tertiary/aromatic N) is 7. The van der Waals surface area contributed by atoms with Gasteiger partial charge in [0.1, 0.15) is 36.6 Å². The summed E-state index contributed by atoms with van der Waals surface area (Å²) in [5.74, 6) is -3.28. The molecule has 0 aromatic carbocycles. The van der Waals surface area contributed by atoms with E-state index in [1.165, 1.54) is 18.1 Å². The Balaban J connectivity index is 1.38. The number of carbonyl (C=O) groups excluding carboxylic acids is 4. The highest BCUT2D eigenvalue weighted by atomic mass is 32.2. The second-order valence-electron chi connectivity index (χ2n) is 8.60. The first-order valence-corrected chi connectivity index (χ1v) is 13.6. The highest BCUT2D eigenvalue weighted by Gasteiger charge is 2.53. The molecule has 18 heteroatoms. The van der Waals surface area contributed by atoms with Crippen molar-refractivity contribution in [2.75, 3.05) is 18.1 Å². The number of imidazole rings is 1. The van der Waals surface area contributed by atoms with E-state index in [0.29, 0.717) is 16.7 Å². The number of carboxylic acid groups (broad SMARTS) is 1. The molecule has 40 heavy (non-hydrogen) atoms. The van der Waals surface area contributed by atoms with Gasteiger partial charge in [-0.2, -0.15) is 9.36 Å². The fourth-order valence-corrected chi connectivity index (χ4v) is 6.13. The molecule has 0 saturated carbocycles. The van der Waals surface area contributed by atoms with E-state index in [1.807, 2.05) is 0 Å². The number of nitrogens with one attached hydrogen (secondary N) is 1. The van der Waals surface area contributed by atoms with E-state index < -0.39 is 35.1 Å². The number of hydrogen-bond acceptors (Lipinski definition) is 13. The van der Waals surface area contributed by atoms with E-state index in [4.69, 9.17) is 16.3 Å². The number of primary amides is 1. The van der Waals surface area contributed by atoms with E-state index in [9.17, 15) is 24.3 Å². The van der Waals surface area contributed by atoms with Gasteiger partial charge in [-0.1, -0.05) is 5.16 Å². The lowest BCUT2D eigenvalue weighted by molar-refractivity contribution is -0.664. The monoisotopic (exact) mass is 586 g/mol. The molecular formula is C22H22N10O6S2. The standard InChI is InChI=1S/C22H22N10O6S2/c1-2-38-28-13(16-27-22(24)40-29-16)18(34)26-14-19(35)32-15(21(36)37)10(8-39-20(14)32)6-30-5-3-4-11-17(30)25-9-31(11)7-12(23)33/h3-5,9,14,20H,2,6-8H2,1H3,(H5-,23,24,26,27,29,33,34,36,37)/b28-13+. The number of rotatable bonds is 10. The Morgan fingerprint density at radius 1 is 1.38 bits per heavy atom. The molecule has 2 aliphatic heterocycles. The molecule has 5 N–H and O–H groups in total. The van der Waals surface area contributed by atoms with Crippen molar-refractivity contribution in [2.45, 2.75) is 31.4 Å². The van der Waals surface area contributed by atoms with Crippen LogP contribution in [-0.2, 0) is 37.1 Å². The summed E-state index contributed by atoms with van der Waals surface area (Å²) in [5.41, 5.74) is 11.9. The van der Waals surface area contributed by atoms with Gasteiger partial charge in [-0.25, -0.2) is 4.57 Å². The van der Waals surface area contributed by atoms with Crippen molar-refractivity contribution in [3.63, 3.8) is 0 Å². The molecule has 3 aromatic heterocycles. The lowest BCUT2D eigenvalue weighted by Crippen LogP contribution is -2.71. The minimum atomic E-state index is -1.52. The van der Waals surface area contributed by atoms with E-state index >= 15 is 0 Å². The number of aliphatic carboxylic acids is 1. The SMILES string of the molecule is CCO/N=C(/C(=O)NC1C(=O)N2C(C(=O)[O-])=C(C[n+]3cccc4c3ncn4CC(N)=O)CSC12)c1nsc(N)n1. The molecule has 3 amide bonds. The zero-order chi connectivity index (χ0) is 28.6. The number of anilines is 1. The first-order chi connectivity index (χ1) is 19.2. The maximum Gasteiger partial charge on any atom is 0.349 e. The van der Waals surface area contributed by atoms with Crippen LogP contribution in [0.1, 0.15) is 12.7 Å². The van der Waals surface area contributed by atoms with Gasteiger partial charge in [0.25, 0.3) is 11.8 Å². The third-order valence-corrected chi connectivity index (χ3v) is 7.90. The normalized spacial score (nSPS) is 18.9. The molecule has 0 spiro atoms. The number of carboxylic acids is 1. The second-order valence-corrected chi connectivity index (χ2v) is 10.5. The zero-order valence-corrected chi connectivity index (χ0v) is 22.5. The number of aromatic nitrogens is 5. The Labute approximate surface area is 233 Å². The summed E-state index contributed by atoms with van der Waals surface area (Å²) in [6.45, 7) is 1.87. The smallest absolute Gasteiger partial charge is 0.349 e. The van der Waals surface area contributed by atoms with E-state index in [-0.39, 0.29) is 47.8 Å². The third kappa shape index (κ3) is 4.93. The lowest BCUT2D eigenvalue weighted by Gasteiger charge is -2.50. The Morgan fingerprint density at radius 3 is 2.85 bits per heavy atom. The van der Waals surface area contributed by atoms with Crippen LogP contribution in [0.2, 0.25) is 0 Å². The van der Waals surface area contributed by atoms with Crippen LogP contribution in [0.25, 0.3) is 11.2 Å². The number of amides is 3. The summed E-state index contributed by atoms with van der Waals surface area (Å²) in [6, 6.07) is 2.45.